The highest BCUT2D eigenvalue weighted by atomic mass is 32.1. The fraction of sp³-hybridized carbons (Fsp3) is 0.524. The molecule has 3 aromatic rings. The average molecular weight is 417 g/mol. The molecule has 6 nitrogen and oxygen atoms in total. The third kappa shape index (κ3) is 2.61. The van der Waals surface area contributed by atoms with E-state index in [4.69, 9.17) is 10.5 Å². The maximum atomic E-state index is 15.4. The first-order valence-corrected chi connectivity index (χ1v) is 10.8. The van der Waals surface area contributed by atoms with Gasteiger partial charge in [0.1, 0.15) is 17.1 Å². The molecule has 2 aliphatic heterocycles. The molecule has 0 radical (unpaired) electrons. The number of anilines is 1. The van der Waals surface area contributed by atoms with E-state index in [0.717, 1.165) is 11.3 Å². The Morgan fingerprint density at radius 1 is 1.41 bits per heavy atom. The molecule has 5 rings (SSSR count). The van der Waals surface area contributed by atoms with Gasteiger partial charge in [-0.05, 0) is 57.6 Å². The molecule has 4 heterocycles. The number of benzene rings is 1. The Kier molecular flexibility index (Phi) is 3.99. The third-order valence-electron chi connectivity index (χ3n) is 6.42. The molecule has 2 aliphatic rings. The minimum Gasteiger partial charge on any atom is -0.487 e. The molecule has 0 amide bonds. The van der Waals surface area contributed by atoms with E-state index in [0.29, 0.717) is 53.1 Å². The van der Waals surface area contributed by atoms with Crippen LogP contribution in [0.5, 0.6) is 5.75 Å². The van der Waals surface area contributed by atoms with Gasteiger partial charge in [0.2, 0.25) is 0 Å². The Labute approximate surface area is 172 Å². The number of fused-ring (bicyclic) bond motifs is 2. The molecule has 2 N–H and O–H groups in total. The van der Waals surface area contributed by atoms with Crippen LogP contribution in [0.25, 0.3) is 21.1 Å². The van der Waals surface area contributed by atoms with E-state index < -0.39 is 5.82 Å². The lowest BCUT2D eigenvalue weighted by Gasteiger charge is -2.32. The van der Waals surface area contributed by atoms with E-state index in [2.05, 4.69) is 8.94 Å². The van der Waals surface area contributed by atoms with Gasteiger partial charge in [-0.25, -0.2) is 4.39 Å². The van der Waals surface area contributed by atoms with E-state index >= 15 is 4.39 Å². The summed E-state index contributed by atoms with van der Waals surface area (Å²) in [6.45, 7) is 9.71. The van der Waals surface area contributed by atoms with Gasteiger partial charge < -0.3 is 19.9 Å². The van der Waals surface area contributed by atoms with Crippen molar-refractivity contribution in [1.29, 1.82) is 0 Å². The molecule has 8 heteroatoms. The van der Waals surface area contributed by atoms with Crippen molar-refractivity contribution in [3.05, 3.63) is 27.8 Å². The molecular formula is C21H25FN4O2S. The molecule has 29 heavy (non-hydrogen) atoms. The Balaban J connectivity index is 1.80. The highest BCUT2D eigenvalue weighted by Gasteiger charge is 2.37. The van der Waals surface area contributed by atoms with Crippen molar-refractivity contribution in [2.24, 2.45) is 11.7 Å². The highest BCUT2D eigenvalue weighted by Crippen LogP contribution is 2.45. The zero-order valence-electron chi connectivity index (χ0n) is 17.1. The molecule has 0 spiro atoms. The van der Waals surface area contributed by atoms with Crippen molar-refractivity contribution in [2.75, 3.05) is 24.6 Å². The minimum atomic E-state index is -0.415. The Morgan fingerprint density at radius 2 is 2.17 bits per heavy atom. The van der Waals surface area contributed by atoms with Gasteiger partial charge in [-0.1, -0.05) is 0 Å². The minimum absolute atomic E-state index is 0.0283. The molecule has 154 valence electrons. The van der Waals surface area contributed by atoms with Crippen LogP contribution in [0.15, 0.2) is 10.9 Å². The number of hydrogen-bond donors (Lipinski definition) is 1. The number of hydrogen-bond acceptors (Lipinski definition) is 6. The molecule has 2 atom stereocenters. The monoisotopic (exact) mass is 416 g/mol. The largest absolute Gasteiger partial charge is 0.487 e. The van der Waals surface area contributed by atoms with Crippen LogP contribution in [0.4, 0.5) is 10.1 Å². The quantitative estimate of drug-likeness (QED) is 0.691. The summed E-state index contributed by atoms with van der Waals surface area (Å²) in [6, 6.07) is 1.41. The van der Waals surface area contributed by atoms with Crippen LogP contribution < -0.4 is 20.8 Å². The smallest absolute Gasteiger partial charge is 0.200 e. The SMILES string of the molecule is Cc1nsc2c1c(=O)c1cc(F)c(N3CC[C@@H](C(C)(C)N)C3)c3c1n2[C@@H](C)CO3. The Bertz CT molecular complexity index is 1210. The highest BCUT2D eigenvalue weighted by molar-refractivity contribution is 7.13. The third-order valence-corrected chi connectivity index (χ3v) is 7.36. The lowest BCUT2D eigenvalue weighted by molar-refractivity contribution is 0.250. The molecular weight excluding hydrogens is 391 g/mol. The zero-order valence-corrected chi connectivity index (χ0v) is 17.9. The predicted octanol–water partition coefficient (Wildman–Crippen LogP) is 3.58. The molecule has 0 saturated carbocycles. The fourth-order valence-electron chi connectivity index (χ4n) is 4.74. The summed E-state index contributed by atoms with van der Waals surface area (Å²) >= 11 is 1.32. The van der Waals surface area contributed by atoms with Crippen LogP contribution in [0.1, 0.15) is 38.9 Å². The van der Waals surface area contributed by atoms with Crippen molar-refractivity contribution in [2.45, 2.75) is 45.7 Å². The van der Waals surface area contributed by atoms with Crippen molar-refractivity contribution in [3.8, 4) is 5.75 Å². The average Bonchev–Trinajstić information content (AvgIpc) is 3.27. The molecule has 0 unspecified atom stereocenters. The number of rotatable bonds is 2. The molecule has 2 aromatic heterocycles. The molecule has 1 fully saturated rings. The van der Waals surface area contributed by atoms with E-state index in [1.54, 1.807) is 0 Å². The van der Waals surface area contributed by atoms with Crippen LogP contribution in [0, 0.1) is 18.7 Å². The van der Waals surface area contributed by atoms with E-state index in [1.165, 1.54) is 17.6 Å². The van der Waals surface area contributed by atoms with Crippen molar-refractivity contribution in [3.63, 3.8) is 0 Å². The number of aryl methyl sites for hydroxylation is 1. The second-order valence-corrected chi connectivity index (χ2v) is 9.74. The lowest BCUT2D eigenvalue weighted by Crippen LogP contribution is -2.42. The van der Waals surface area contributed by atoms with Crippen LogP contribution in [-0.4, -0.2) is 34.2 Å². The maximum absolute atomic E-state index is 15.4. The number of nitrogens with two attached hydrogens (primary N) is 1. The number of nitrogens with zero attached hydrogens (tertiary/aromatic N) is 3. The summed E-state index contributed by atoms with van der Waals surface area (Å²) in [6.07, 6.45) is 0.900. The number of halogens is 1. The number of ether oxygens (including phenoxy) is 1. The summed E-state index contributed by atoms with van der Waals surface area (Å²) in [4.78, 5) is 16.0. The summed E-state index contributed by atoms with van der Waals surface area (Å²) in [5.41, 5.74) is 7.63. The van der Waals surface area contributed by atoms with Crippen LogP contribution in [-0.2, 0) is 0 Å². The van der Waals surface area contributed by atoms with E-state index in [-0.39, 0.29) is 22.9 Å². The fourth-order valence-corrected chi connectivity index (χ4v) is 5.75. The van der Waals surface area contributed by atoms with Crippen molar-refractivity contribution >= 4 is 38.3 Å². The maximum Gasteiger partial charge on any atom is 0.200 e. The Hall–Kier alpha value is -2.19. The summed E-state index contributed by atoms with van der Waals surface area (Å²) in [5, 5.41) is 0.943. The normalized spacial score (nSPS) is 21.9. The van der Waals surface area contributed by atoms with Crippen molar-refractivity contribution in [1.82, 2.24) is 8.94 Å². The van der Waals surface area contributed by atoms with Gasteiger partial charge in [0.05, 0.1) is 28.0 Å². The lowest BCUT2D eigenvalue weighted by atomic mass is 9.88. The van der Waals surface area contributed by atoms with Gasteiger partial charge in [-0.15, -0.1) is 0 Å². The molecule has 1 saturated heterocycles. The van der Waals surface area contributed by atoms with Gasteiger partial charge in [-0.2, -0.15) is 4.37 Å². The van der Waals surface area contributed by atoms with Gasteiger partial charge in [0, 0.05) is 18.6 Å². The number of pyridine rings is 1. The molecule has 0 bridgehead atoms. The first-order chi connectivity index (χ1) is 13.7. The summed E-state index contributed by atoms with van der Waals surface area (Å²) in [5.74, 6) is 0.320. The standard InChI is InChI=1S/C21H25FN4O2S/c1-10-9-28-19-16-13(18(27)15-11(2)24-29-20(15)26(10)16)7-14(22)17(19)25-6-5-12(8-25)21(3,4)23/h7,10,12H,5-6,8-9,23H2,1-4H3/t10-,12+/m0/s1. The van der Waals surface area contributed by atoms with Crippen LogP contribution in [0.2, 0.25) is 0 Å². The Morgan fingerprint density at radius 3 is 2.86 bits per heavy atom. The summed E-state index contributed by atoms with van der Waals surface area (Å²) in [7, 11) is 0. The first-order valence-electron chi connectivity index (χ1n) is 10.0. The van der Waals surface area contributed by atoms with Gasteiger partial charge >= 0.3 is 0 Å². The molecule has 1 aromatic carbocycles. The predicted molar refractivity (Wildman–Crippen MR) is 115 cm³/mol. The van der Waals surface area contributed by atoms with E-state index in [1.807, 2.05) is 32.6 Å². The topological polar surface area (TPSA) is 73.4 Å². The van der Waals surface area contributed by atoms with Gasteiger partial charge in [0.15, 0.2) is 17.0 Å². The zero-order chi connectivity index (χ0) is 20.7. The second-order valence-electron chi connectivity index (χ2n) is 8.99. The summed E-state index contributed by atoms with van der Waals surface area (Å²) < 4.78 is 28.0. The van der Waals surface area contributed by atoms with Crippen LogP contribution in [0.3, 0.4) is 0 Å². The van der Waals surface area contributed by atoms with Gasteiger partial charge in [-0.3, -0.25) is 4.79 Å². The first kappa shape index (κ1) is 18.8. The van der Waals surface area contributed by atoms with Crippen molar-refractivity contribution < 1.29 is 9.13 Å². The van der Waals surface area contributed by atoms with Gasteiger partial charge in [0.25, 0.3) is 0 Å². The number of aromatic nitrogens is 2. The second kappa shape index (κ2) is 6.15. The molecule has 0 aliphatic carbocycles. The van der Waals surface area contributed by atoms with Crippen LogP contribution >= 0.6 is 11.5 Å². The van der Waals surface area contributed by atoms with E-state index in [9.17, 15) is 4.79 Å².